The number of ether oxygens (including phenoxy) is 3. The maximum absolute atomic E-state index is 12.0. The Bertz CT molecular complexity index is 737. The molecule has 1 saturated heterocycles. The topological polar surface area (TPSA) is 82.1 Å². The second-order valence-electron chi connectivity index (χ2n) is 6.04. The molecule has 138 valence electrons. The van der Waals surface area contributed by atoms with Gasteiger partial charge in [0.05, 0.1) is 36.3 Å². The standard InChI is InChI=1S/C16H20ClNO6S/c17-13-8-12(9-14-16(13)23-5-1-4-22-14)11-24-15(19)10-18-2-6-25(20,21)7-3-18/h8-9H,1-7,10-11H2. The molecule has 2 aliphatic rings. The van der Waals surface area contributed by atoms with Gasteiger partial charge < -0.3 is 14.2 Å². The van der Waals surface area contributed by atoms with Crippen LogP contribution in [0.2, 0.25) is 5.02 Å². The number of hydrogen-bond donors (Lipinski definition) is 0. The largest absolute Gasteiger partial charge is 0.489 e. The first-order valence-corrected chi connectivity index (χ1v) is 10.3. The van der Waals surface area contributed by atoms with Crippen LogP contribution in [0, 0.1) is 0 Å². The van der Waals surface area contributed by atoms with Crippen molar-refractivity contribution < 1.29 is 27.4 Å². The summed E-state index contributed by atoms with van der Waals surface area (Å²) in [6.07, 6.45) is 0.779. The highest BCUT2D eigenvalue weighted by Gasteiger charge is 2.23. The lowest BCUT2D eigenvalue weighted by atomic mass is 10.2. The summed E-state index contributed by atoms with van der Waals surface area (Å²) in [5.74, 6) is 0.833. The Kier molecular flexibility index (Phi) is 5.71. The summed E-state index contributed by atoms with van der Waals surface area (Å²) in [5, 5.41) is 0.423. The van der Waals surface area contributed by atoms with Crippen molar-refractivity contribution in [2.24, 2.45) is 0 Å². The third-order valence-electron chi connectivity index (χ3n) is 4.05. The predicted molar refractivity (Wildman–Crippen MR) is 91.9 cm³/mol. The van der Waals surface area contributed by atoms with Crippen LogP contribution in [0.3, 0.4) is 0 Å². The Morgan fingerprint density at radius 3 is 2.68 bits per heavy atom. The second-order valence-corrected chi connectivity index (χ2v) is 8.75. The van der Waals surface area contributed by atoms with Gasteiger partial charge in [-0.3, -0.25) is 9.69 Å². The summed E-state index contributed by atoms with van der Waals surface area (Å²) < 4.78 is 39.2. The van der Waals surface area contributed by atoms with Gasteiger partial charge in [0.2, 0.25) is 0 Å². The summed E-state index contributed by atoms with van der Waals surface area (Å²) in [6, 6.07) is 3.45. The maximum Gasteiger partial charge on any atom is 0.320 e. The third-order valence-corrected chi connectivity index (χ3v) is 5.94. The average molecular weight is 390 g/mol. The van der Waals surface area contributed by atoms with Crippen LogP contribution in [0.25, 0.3) is 0 Å². The van der Waals surface area contributed by atoms with Gasteiger partial charge in [0.15, 0.2) is 21.3 Å². The molecule has 0 atom stereocenters. The fourth-order valence-electron chi connectivity index (χ4n) is 2.67. The summed E-state index contributed by atoms with van der Waals surface area (Å²) >= 11 is 6.21. The van der Waals surface area contributed by atoms with E-state index in [1.54, 1.807) is 17.0 Å². The van der Waals surface area contributed by atoms with Gasteiger partial charge in [-0.15, -0.1) is 0 Å². The first kappa shape index (κ1) is 18.3. The molecule has 0 saturated carbocycles. The molecule has 1 aromatic carbocycles. The van der Waals surface area contributed by atoms with Crippen LogP contribution in [-0.2, 0) is 26.0 Å². The molecule has 3 rings (SSSR count). The number of carbonyl (C=O) groups is 1. The van der Waals surface area contributed by atoms with E-state index in [1.807, 2.05) is 0 Å². The van der Waals surface area contributed by atoms with Crippen molar-refractivity contribution in [1.29, 1.82) is 0 Å². The zero-order valence-electron chi connectivity index (χ0n) is 13.7. The molecule has 2 aliphatic heterocycles. The van der Waals surface area contributed by atoms with Crippen LogP contribution < -0.4 is 9.47 Å². The summed E-state index contributed by atoms with van der Waals surface area (Å²) in [4.78, 5) is 13.8. The number of sulfone groups is 1. The molecular weight excluding hydrogens is 370 g/mol. The van der Waals surface area contributed by atoms with Crippen molar-refractivity contribution in [3.05, 3.63) is 22.7 Å². The summed E-state index contributed by atoms with van der Waals surface area (Å²) in [7, 11) is -2.96. The molecule has 0 aliphatic carbocycles. The molecule has 9 heteroatoms. The highest BCUT2D eigenvalue weighted by atomic mass is 35.5. The molecule has 0 spiro atoms. The van der Waals surface area contributed by atoms with Gasteiger partial charge >= 0.3 is 5.97 Å². The second kappa shape index (κ2) is 7.80. The van der Waals surface area contributed by atoms with Gasteiger partial charge in [-0.2, -0.15) is 0 Å². The van der Waals surface area contributed by atoms with Gasteiger partial charge in [0.25, 0.3) is 0 Å². The molecule has 7 nitrogen and oxygen atoms in total. The van der Waals surface area contributed by atoms with E-state index in [4.69, 9.17) is 25.8 Å². The summed E-state index contributed by atoms with van der Waals surface area (Å²) in [6.45, 7) is 1.95. The fourth-order valence-corrected chi connectivity index (χ4v) is 4.23. The van der Waals surface area contributed by atoms with Crippen molar-refractivity contribution in [3.8, 4) is 11.5 Å². The molecule has 0 aromatic heterocycles. The average Bonchev–Trinajstić information content (AvgIpc) is 2.81. The van der Waals surface area contributed by atoms with Crippen LogP contribution >= 0.6 is 11.6 Å². The summed E-state index contributed by atoms with van der Waals surface area (Å²) in [5.41, 5.74) is 0.712. The van der Waals surface area contributed by atoms with Gasteiger partial charge in [-0.25, -0.2) is 8.42 Å². The number of halogens is 1. The highest BCUT2D eigenvalue weighted by molar-refractivity contribution is 7.91. The molecule has 1 fully saturated rings. The van der Waals surface area contributed by atoms with E-state index < -0.39 is 15.8 Å². The minimum absolute atomic E-state index is 0.0708. The monoisotopic (exact) mass is 389 g/mol. The number of rotatable bonds is 4. The molecule has 1 aromatic rings. The zero-order valence-corrected chi connectivity index (χ0v) is 15.3. The number of nitrogens with zero attached hydrogens (tertiary/aromatic N) is 1. The van der Waals surface area contributed by atoms with Crippen LogP contribution in [0.4, 0.5) is 0 Å². The van der Waals surface area contributed by atoms with E-state index in [-0.39, 0.29) is 24.7 Å². The molecular formula is C16H20ClNO6S. The first-order chi connectivity index (χ1) is 11.9. The van der Waals surface area contributed by atoms with E-state index in [9.17, 15) is 13.2 Å². The van der Waals surface area contributed by atoms with Crippen molar-refractivity contribution in [2.45, 2.75) is 13.0 Å². The Morgan fingerprint density at radius 2 is 1.92 bits per heavy atom. The molecule has 0 radical (unpaired) electrons. The van der Waals surface area contributed by atoms with Gasteiger partial charge in [0.1, 0.15) is 6.61 Å². The molecule has 0 N–H and O–H groups in total. The normalized spacial score (nSPS) is 19.9. The van der Waals surface area contributed by atoms with Crippen LogP contribution in [-0.4, -0.2) is 63.6 Å². The number of esters is 1. The maximum atomic E-state index is 12.0. The lowest BCUT2D eigenvalue weighted by Crippen LogP contribution is -2.43. The zero-order chi connectivity index (χ0) is 17.9. The van der Waals surface area contributed by atoms with Crippen molar-refractivity contribution in [1.82, 2.24) is 4.90 Å². The minimum Gasteiger partial charge on any atom is -0.489 e. The van der Waals surface area contributed by atoms with Gasteiger partial charge in [-0.05, 0) is 17.7 Å². The highest BCUT2D eigenvalue weighted by Crippen LogP contribution is 2.38. The van der Waals surface area contributed by atoms with E-state index in [0.717, 1.165) is 6.42 Å². The lowest BCUT2D eigenvalue weighted by Gasteiger charge is -2.25. The van der Waals surface area contributed by atoms with E-state index in [1.165, 1.54) is 0 Å². The number of benzene rings is 1. The predicted octanol–water partition coefficient (Wildman–Crippen LogP) is 1.27. The third kappa shape index (κ3) is 4.99. The molecule has 25 heavy (non-hydrogen) atoms. The fraction of sp³-hybridized carbons (Fsp3) is 0.562. The van der Waals surface area contributed by atoms with Crippen molar-refractivity contribution >= 4 is 27.4 Å². The van der Waals surface area contributed by atoms with E-state index >= 15 is 0 Å². The smallest absolute Gasteiger partial charge is 0.320 e. The number of hydrogen-bond acceptors (Lipinski definition) is 7. The van der Waals surface area contributed by atoms with Crippen LogP contribution in [0.15, 0.2) is 12.1 Å². The number of carbonyl (C=O) groups excluding carboxylic acids is 1. The molecule has 0 unspecified atom stereocenters. The Hall–Kier alpha value is -1.51. The Morgan fingerprint density at radius 1 is 1.20 bits per heavy atom. The first-order valence-electron chi connectivity index (χ1n) is 8.09. The SMILES string of the molecule is O=C(CN1CCS(=O)(=O)CC1)OCc1cc(Cl)c2c(c1)OCCCO2. The Balaban J connectivity index is 1.54. The van der Waals surface area contributed by atoms with E-state index in [2.05, 4.69) is 0 Å². The quantitative estimate of drug-likeness (QED) is 0.717. The van der Waals surface area contributed by atoms with Gasteiger partial charge in [0, 0.05) is 19.5 Å². The molecule has 0 amide bonds. The molecule has 2 heterocycles. The minimum atomic E-state index is -2.96. The molecule has 0 bridgehead atoms. The van der Waals surface area contributed by atoms with Crippen LogP contribution in [0.1, 0.15) is 12.0 Å². The van der Waals surface area contributed by atoms with E-state index in [0.29, 0.717) is 48.4 Å². The van der Waals surface area contributed by atoms with Crippen molar-refractivity contribution in [2.75, 3.05) is 44.4 Å². The number of fused-ring (bicyclic) bond motifs is 1. The van der Waals surface area contributed by atoms with Gasteiger partial charge in [-0.1, -0.05) is 11.6 Å². The lowest BCUT2D eigenvalue weighted by molar-refractivity contribution is -0.146. The van der Waals surface area contributed by atoms with Crippen LogP contribution in [0.5, 0.6) is 11.5 Å². The Labute approximate surface area is 151 Å². The van der Waals surface area contributed by atoms with Crippen molar-refractivity contribution in [3.63, 3.8) is 0 Å².